The zero-order valence-electron chi connectivity index (χ0n) is 14.7. The smallest absolute Gasteiger partial charge is 0.354 e. The lowest BCUT2D eigenvalue weighted by Crippen LogP contribution is -2.57. The van der Waals surface area contributed by atoms with Crippen molar-refractivity contribution in [2.24, 2.45) is 0 Å². The van der Waals surface area contributed by atoms with Crippen LogP contribution in [0.15, 0.2) is 30.3 Å². The highest BCUT2D eigenvalue weighted by atomic mass is 19.4. The van der Waals surface area contributed by atoms with E-state index < -0.39 is 24.2 Å². The molecular formula is C18H26F3N3O. The van der Waals surface area contributed by atoms with Crippen molar-refractivity contribution in [1.29, 1.82) is 0 Å². The summed E-state index contributed by atoms with van der Waals surface area (Å²) in [6.45, 7) is 5.14. The van der Waals surface area contributed by atoms with Crippen molar-refractivity contribution in [3.8, 4) is 0 Å². The summed E-state index contributed by atoms with van der Waals surface area (Å²) in [7, 11) is 0. The van der Waals surface area contributed by atoms with E-state index in [1.54, 1.807) is 0 Å². The standard InChI is InChI=1S/C18H26F3N3O/c1-17(2,14-6-4-3-5-7-14)12-16(25)23-13-15(18(19,20)21)24-10-8-22-9-11-24/h3-7,15,22H,8-13H2,1-2H3,(H,23,25). The van der Waals surface area contributed by atoms with Crippen LogP contribution in [0.1, 0.15) is 25.8 Å². The Morgan fingerprint density at radius 1 is 1.20 bits per heavy atom. The number of hydrogen-bond acceptors (Lipinski definition) is 3. The molecule has 1 atom stereocenters. The number of rotatable bonds is 6. The summed E-state index contributed by atoms with van der Waals surface area (Å²) in [5.74, 6) is -0.363. The quantitative estimate of drug-likeness (QED) is 0.821. The van der Waals surface area contributed by atoms with Gasteiger partial charge in [0, 0.05) is 39.1 Å². The molecule has 0 aromatic heterocycles. The van der Waals surface area contributed by atoms with Crippen molar-refractivity contribution in [1.82, 2.24) is 15.5 Å². The van der Waals surface area contributed by atoms with Crippen molar-refractivity contribution in [3.05, 3.63) is 35.9 Å². The molecule has 1 aromatic rings. The Hall–Kier alpha value is -1.60. The normalized spacial score (nSPS) is 18.0. The van der Waals surface area contributed by atoms with Gasteiger partial charge in [0.1, 0.15) is 6.04 Å². The lowest BCUT2D eigenvalue weighted by Gasteiger charge is -2.36. The fraction of sp³-hybridized carbons (Fsp3) is 0.611. The SMILES string of the molecule is CC(C)(CC(=O)NCC(N1CCNCC1)C(F)(F)F)c1ccccc1. The van der Waals surface area contributed by atoms with Gasteiger partial charge in [0.2, 0.25) is 5.91 Å². The van der Waals surface area contributed by atoms with E-state index in [4.69, 9.17) is 0 Å². The predicted octanol–water partition coefficient (Wildman–Crippen LogP) is 2.31. The van der Waals surface area contributed by atoms with Crippen LogP contribution < -0.4 is 10.6 Å². The second kappa shape index (κ2) is 8.19. The molecule has 25 heavy (non-hydrogen) atoms. The number of benzene rings is 1. The third-order valence-corrected chi connectivity index (χ3v) is 4.62. The maximum Gasteiger partial charge on any atom is 0.405 e. The van der Waals surface area contributed by atoms with Gasteiger partial charge in [-0.3, -0.25) is 9.69 Å². The number of alkyl halides is 3. The first kappa shape index (κ1) is 19.7. The number of nitrogens with zero attached hydrogens (tertiary/aromatic N) is 1. The molecule has 1 aliphatic heterocycles. The number of carbonyl (C=O) groups is 1. The van der Waals surface area contributed by atoms with E-state index in [9.17, 15) is 18.0 Å². The van der Waals surface area contributed by atoms with E-state index in [2.05, 4.69) is 10.6 Å². The minimum absolute atomic E-state index is 0.142. The van der Waals surface area contributed by atoms with Gasteiger partial charge in [-0.2, -0.15) is 13.2 Å². The summed E-state index contributed by atoms with van der Waals surface area (Å²) >= 11 is 0. The molecule has 0 spiro atoms. The minimum atomic E-state index is -4.36. The predicted molar refractivity (Wildman–Crippen MR) is 91.4 cm³/mol. The van der Waals surface area contributed by atoms with Gasteiger partial charge in [0.05, 0.1) is 0 Å². The maximum atomic E-state index is 13.3. The molecule has 1 fully saturated rings. The van der Waals surface area contributed by atoms with Gasteiger partial charge in [-0.15, -0.1) is 0 Å². The van der Waals surface area contributed by atoms with Crippen LogP contribution in [0.2, 0.25) is 0 Å². The summed E-state index contributed by atoms with van der Waals surface area (Å²) in [4.78, 5) is 13.6. The van der Waals surface area contributed by atoms with Crippen LogP contribution in [0, 0.1) is 0 Å². The van der Waals surface area contributed by atoms with Crippen LogP contribution >= 0.6 is 0 Å². The second-order valence-electron chi connectivity index (χ2n) is 7.07. The van der Waals surface area contributed by atoms with E-state index in [0.717, 1.165) is 5.56 Å². The molecule has 1 aliphatic rings. The molecule has 2 rings (SSSR count). The Bertz CT molecular complexity index is 554. The molecule has 4 nitrogen and oxygen atoms in total. The molecular weight excluding hydrogens is 331 g/mol. The topological polar surface area (TPSA) is 44.4 Å². The molecule has 2 N–H and O–H groups in total. The number of piperazine rings is 1. The van der Waals surface area contributed by atoms with E-state index in [1.807, 2.05) is 44.2 Å². The Labute approximate surface area is 146 Å². The molecule has 0 saturated carbocycles. The zero-order chi connectivity index (χ0) is 18.5. The van der Waals surface area contributed by atoms with Crippen LogP contribution in [0.4, 0.5) is 13.2 Å². The highest BCUT2D eigenvalue weighted by molar-refractivity contribution is 5.77. The fourth-order valence-electron chi connectivity index (χ4n) is 3.11. The van der Waals surface area contributed by atoms with Crippen LogP contribution in [0.5, 0.6) is 0 Å². The molecule has 7 heteroatoms. The number of hydrogen-bond donors (Lipinski definition) is 2. The van der Waals surface area contributed by atoms with Gasteiger partial charge in [-0.05, 0) is 11.0 Å². The number of nitrogens with one attached hydrogen (secondary N) is 2. The molecule has 1 unspecified atom stereocenters. The van der Waals surface area contributed by atoms with Crippen LogP contribution in [0.3, 0.4) is 0 Å². The van der Waals surface area contributed by atoms with Gasteiger partial charge >= 0.3 is 6.18 Å². The fourth-order valence-corrected chi connectivity index (χ4v) is 3.11. The average Bonchev–Trinajstić information content (AvgIpc) is 2.55. The Morgan fingerprint density at radius 3 is 2.36 bits per heavy atom. The molecule has 0 aliphatic carbocycles. The van der Waals surface area contributed by atoms with Crippen LogP contribution in [0.25, 0.3) is 0 Å². The first-order chi connectivity index (χ1) is 11.7. The maximum absolute atomic E-state index is 13.3. The first-order valence-electron chi connectivity index (χ1n) is 8.54. The lowest BCUT2D eigenvalue weighted by atomic mass is 9.81. The Kier molecular flexibility index (Phi) is 6.46. The monoisotopic (exact) mass is 357 g/mol. The summed E-state index contributed by atoms with van der Waals surface area (Å²) in [6.07, 6.45) is -4.22. The largest absolute Gasteiger partial charge is 0.405 e. The summed E-state index contributed by atoms with van der Waals surface area (Å²) in [5.41, 5.74) is 0.549. The summed E-state index contributed by atoms with van der Waals surface area (Å²) in [5, 5.41) is 5.53. The lowest BCUT2D eigenvalue weighted by molar-refractivity contribution is -0.184. The second-order valence-corrected chi connectivity index (χ2v) is 7.07. The highest BCUT2D eigenvalue weighted by Gasteiger charge is 2.43. The minimum Gasteiger partial charge on any atom is -0.354 e. The summed E-state index contributed by atoms with van der Waals surface area (Å²) < 4.78 is 40.0. The van der Waals surface area contributed by atoms with Crippen molar-refractivity contribution < 1.29 is 18.0 Å². The van der Waals surface area contributed by atoms with Crippen molar-refractivity contribution in [2.45, 2.75) is 37.9 Å². The molecule has 1 saturated heterocycles. The first-order valence-corrected chi connectivity index (χ1v) is 8.54. The summed E-state index contributed by atoms with van der Waals surface area (Å²) in [6, 6.07) is 7.87. The zero-order valence-corrected chi connectivity index (χ0v) is 14.7. The third-order valence-electron chi connectivity index (χ3n) is 4.62. The van der Waals surface area contributed by atoms with Crippen molar-refractivity contribution >= 4 is 5.91 Å². The van der Waals surface area contributed by atoms with E-state index in [1.165, 1.54) is 4.90 Å². The molecule has 1 aromatic carbocycles. The van der Waals surface area contributed by atoms with Gasteiger partial charge < -0.3 is 10.6 Å². The van der Waals surface area contributed by atoms with Gasteiger partial charge in [0.15, 0.2) is 0 Å². The Balaban J connectivity index is 1.94. The van der Waals surface area contributed by atoms with Gasteiger partial charge in [-0.1, -0.05) is 44.2 Å². The molecule has 1 heterocycles. The molecule has 1 amide bonds. The third kappa shape index (κ3) is 5.71. The van der Waals surface area contributed by atoms with E-state index in [0.29, 0.717) is 26.2 Å². The molecule has 140 valence electrons. The van der Waals surface area contributed by atoms with Crippen molar-refractivity contribution in [2.75, 3.05) is 32.7 Å². The van der Waals surface area contributed by atoms with E-state index >= 15 is 0 Å². The number of halogens is 3. The Morgan fingerprint density at radius 2 is 1.80 bits per heavy atom. The molecule has 0 bridgehead atoms. The van der Waals surface area contributed by atoms with Crippen LogP contribution in [-0.2, 0) is 10.2 Å². The van der Waals surface area contributed by atoms with Gasteiger partial charge in [0.25, 0.3) is 0 Å². The average molecular weight is 357 g/mol. The highest BCUT2D eigenvalue weighted by Crippen LogP contribution is 2.27. The number of amides is 1. The van der Waals surface area contributed by atoms with Gasteiger partial charge in [-0.25, -0.2) is 0 Å². The van der Waals surface area contributed by atoms with Crippen LogP contribution in [-0.4, -0.2) is 55.7 Å². The number of carbonyl (C=O) groups excluding carboxylic acids is 1. The van der Waals surface area contributed by atoms with Crippen molar-refractivity contribution in [3.63, 3.8) is 0 Å². The van der Waals surface area contributed by atoms with E-state index in [-0.39, 0.29) is 12.3 Å². The molecule has 0 radical (unpaired) electrons.